The highest BCUT2D eigenvalue weighted by atomic mass is 35.5. The molecule has 0 radical (unpaired) electrons. The van der Waals surface area contributed by atoms with Gasteiger partial charge in [0.25, 0.3) is 11.5 Å². The zero-order valence-electron chi connectivity index (χ0n) is 30.6. The fraction of sp³-hybridized carbons (Fsp3) is 0.459. The molecule has 2 aliphatic rings. The standard InChI is InChI=1S/C19H22N4O3.C18H21ClN4O3/c1-11-5-8-13-16(21-11)23-17(14(9-20-23)12-6-7-12)22(18(13)25)10-15(24)26-19(2,3)4;1-10-5-8-12(14(19)21-10)16(24)22-15-13(11-6-7-11)9-20-23(15)17(25)26-18(2,3)4/h5,8-9,12H,6-7,10H2,1-4H3;5,8-9,11H,6-7H2,1-4H3,(H,22,24). The molecular formula is C37H43ClN8O6. The molecule has 1 amide bonds. The van der Waals surface area contributed by atoms with Gasteiger partial charge in [0.2, 0.25) is 0 Å². The Morgan fingerprint density at radius 2 is 1.44 bits per heavy atom. The lowest BCUT2D eigenvalue weighted by Gasteiger charge is -2.20. The summed E-state index contributed by atoms with van der Waals surface area (Å²) in [5, 5.41) is 11.9. The predicted molar refractivity (Wildman–Crippen MR) is 195 cm³/mol. The van der Waals surface area contributed by atoms with Gasteiger partial charge in [0, 0.05) is 22.5 Å². The number of pyridine rings is 2. The maximum absolute atomic E-state index is 13.1. The molecule has 7 rings (SSSR count). The number of anilines is 1. The monoisotopic (exact) mass is 730 g/mol. The molecule has 0 saturated heterocycles. The molecule has 0 unspecified atom stereocenters. The number of nitrogens with one attached hydrogen (secondary N) is 1. The highest BCUT2D eigenvalue weighted by Gasteiger charge is 2.33. The summed E-state index contributed by atoms with van der Waals surface area (Å²) in [6.45, 7) is 14.3. The van der Waals surface area contributed by atoms with E-state index in [2.05, 4.69) is 25.5 Å². The van der Waals surface area contributed by atoms with E-state index in [1.165, 1.54) is 4.57 Å². The van der Waals surface area contributed by atoms with Crippen molar-refractivity contribution >= 4 is 52.1 Å². The number of halogens is 1. The molecular weight excluding hydrogens is 688 g/mol. The summed E-state index contributed by atoms with van der Waals surface area (Å²) in [4.78, 5) is 59.3. The fourth-order valence-electron chi connectivity index (χ4n) is 5.72. The summed E-state index contributed by atoms with van der Waals surface area (Å²) < 4.78 is 15.1. The van der Waals surface area contributed by atoms with E-state index in [0.29, 0.717) is 34.1 Å². The van der Waals surface area contributed by atoms with Crippen molar-refractivity contribution in [3.63, 3.8) is 0 Å². The number of esters is 1. The molecule has 2 saturated carbocycles. The Hall–Kier alpha value is -5.11. The number of aromatic nitrogens is 7. The third kappa shape index (κ3) is 8.17. The molecule has 0 atom stereocenters. The summed E-state index contributed by atoms with van der Waals surface area (Å²) in [5.41, 5.74) is 3.22. The van der Waals surface area contributed by atoms with E-state index in [1.54, 1.807) is 68.9 Å². The van der Waals surface area contributed by atoms with Crippen molar-refractivity contribution in [1.82, 2.24) is 33.9 Å². The first kappa shape index (κ1) is 36.7. The number of carbonyl (C=O) groups excluding carboxylic acids is 3. The minimum atomic E-state index is -0.672. The van der Waals surface area contributed by atoms with Crippen molar-refractivity contribution in [3.05, 3.63) is 80.2 Å². The molecule has 5 aromatic rings. The quantitative estimate of drug-likeness (QED) is 0.146. The number of hydrogen-bond donors (Lipinski definition) is 1. The number of fused-ring (bicyclic) bond motifs is 3. The molecule has 1 N–H and O–H groups in total. The minimum Gasteiger partial charge on any atom is -0.459 e. The predicted octanol–water partition coefficient (Wildman–Crippen LogP) is 6.72. The van der Waals surface area contributed by atoms with Gasteiger partial charge in [-0.15, -0.1) is 4.68 Å². The zero-order chi connectivity index (χ0) is 37.7. The number of ether oxygens (including phenoxy) is 2. The van der Waals surface area contributed by atoms with E-state index in [-0.39, 0.29) is 28.7 Å². The summed E-state index contributed by atoms with van der Waals surface area (Å²) in [6, 6.07) is 6.83. The first-order chi connectivity index (χ1) is 24.4. The average Bonchev–Trinajstić information content (AvgIpc) is 3.97. The molecule has 15 heteroatoms. The van der Waals surface area contributed by atoms with E-state index in [0.717, 1.165) is 47.2 Å². The smallest absolute Gasteiger partial charge is 0.437 e. The molecule has 0 bridgehead atoms. The highest BCUT2D eigenvalue weighted by molar-refractivity contribution is 6.33. The minimum absolute atomic E-state index is 0.110. The number of rotatable bonds is 6. The first-order valence-electron chi connectivity index (χ1n) is 17.3. The van der Waals surface area contributed by atoms with Crippen LogP contribution in [0.3, 0.4) is 0 Å². The van der Waals surface area contributed by atoms with Crippen molar-refractivity contribution in [3.8, 4) is 0 Å². The summed E-state index contributed by atoms with van der Waals surface area (Å²) in [6.07, 6.45) is 6.88. The number of carbonyl (C=O) groups is 3. The molecule has 5 heterocycles. The van der Waals surface area contributed by atoms with Crippen LogP contribution in [0.2, 0.25) is 5.15 Å². The zero-order valence-corrected chi connectivity index (χ0v) is 31.4. The van der Waals surface area contributed by atoms with Gasteiger partial charge in [-0.2, -0.15) is 14.7 Å². The van der Waals surface area contributed by atoms with Crippen molar-refractivity contribution < 1.29 is 23.9 Å². The van der Waals surface area contributed by atoms with Crippen LogP contribution < -0.4 is 10.9 Å². The Kier molecular flexibility index (Phi) is 9.73. The van der Waals surface area contributed by atoms with Crippen molar-refractivity contribution in [2.24, 2.45) is 0 Å². The lowest BCUT2D eigenvalue weighted by molar-refractivity contribution is -0.155. The van der Waals surface area contributed by atoms with Crippen LogP contribution in [-0.2, 0) is 20.8 Å². The van der Waals surface area contributed by atoms with Gasteiger partial charge in [-0.25, -0.2) is 14.8 Å². The van der Waals surface area contributed by atoms with Crippen LogP contribution in [0, 0.1) is 13.8 Å². The van der Waals surface area contributed by atoms with Gasteiger partial charge in [0.15, 0.2) is 5.65 Å². The van der Waals surface area contributed by atoms with E-state index in [9.17, 15) is 19.2 Å². The first-order valence-corrected chi connectivity index (χ1v) is 17.6. The largest absolute Gasteiger partial charge is 0.459 e. The third-order valence-corrected chi connectivity index (χ3v) is 8.58. The van der Waals surface area contributed by atoms with E-state index >= 15 is 0 Å². The summed E-state index contributed by atoms with van der Waals surface area (Å²) in [5.74, 6) is 0.106. The second kappa shape index (κ2) is 13.8. The topological polar surface area (TPSA) is 165 Å². The Morgan fingerprint density at radius 3 is 2.06 bits per heavy atom. The van der Waals surface area contributed by atoms with Crippen LogP contribution in [0.1, 0.15) is 112 Å². The Morgan fingerprint density at radius 1 is 0.846 bits per heavy atom. The SMILES string of the molecule is Cc1ccc(C(=O)Nc2c(C3CC3)cnn2C(=O)OC(C)(C)C)c(Cl)n1.Cc1ccc2c(=O)n(CC(=O)OC(C)(C)C)c3c(C4CC4)cnn3c2n1. The van der Waals surface area contributed by atoms with E-state index in [4.69, 9.17) is 21.1 Å². The van der Waals surface area contributed by atoms with Gasteiger partial charge in [-0.1, -0.05) is 11.6 Å². The maximum atomic E-state index is 13.1. The normalized spacial score (nSPS) is 14.6. The number of hydrogen-bond acceptors (Lipinski definition) is 10. The van der Waals surface area contributed by atoms with Gasteiger partial charge in [0.05, 0.1) is 23.3 Å². The lowest BCUT2D eigenvalue weighted by Crippen LogP contribution is -2.32. The molecule has 14 nitrogen and oxygen atoms in total. The molecule has 5 aromatic heterocycles. The van der Waals surface area contributed by atoms with Crippen LogP contribution in [0.5, 0.6) is 0 Å². The van der Waals surface area contributed by atoms with Crippen LogP contribution in [0.15, 0.2) is 41.5 Å². The Bertz CT molecular complexity index is 2270. The van der Waals surface area contributed by atoms with Crippen LogP contribution in [0.25, 0.3) is 16.7 Å². The van der Waals surface area contributed by atoms with Crippen LogP contribution in [-0.4, -0.2) is 63.1 Å². The Balaban J connectivity index is 0.000000179. The molecule has 0 spiro atoms. The molecule has 0 aromatic carbocycles. The maximum Gasteiger partial charge on any atom is 0.437 e. The van der Waals surface area contributed by atoms with E-state index < -0.39 is 29.2 Å². The number of nitrogens with zero attached hydrogens (tertiary/aromatic N) is 7. The second-order valence-corrected chi connectivity index (χ2v) is 15.6. The second-order valence-electron chi connectivity index (χ2n) is 15.3. The van der Waals surface area contributed by atoms with E-state index in [1.807, 2.05) is 27.7 Å². The summed E-state index contributed by atoms with van der Waals surface area (Å²) >= 11 is 6.08. The fourth-order valence-corrected chi connectivity index (χ4v) is 6.00. The number of aryl methyl sites for hydroxylation is 2. The van der Waals surface area contributed by atoms with Crippen molar-refractivity contribution in [2.75, 3.05) is 5.32 Å². The van der Waals surface area contributed by atoms with Gasteiger partial charge >= 0.3 is 12.1 Å². The molecule has 0 aliphatic heterocycles. The van der Waals surface area contributed by atoms with Gasteiger partial charge in [0.1, 0.15) is 34.4 Å². The number of amides is 1. The lowest BCUT2D eigenvalue weighted by atomic mass is 10.2. The van der Waals surface area contributed by atoms with Gasteiger partial charge in [-0.3, -0.25) is 19.0 Å². The molecule has 2 aliphatic carbocycles. The van der Waals surface area contributed by atoms with Gasteiger partial charge < -0.3 is 14.8 Å². The van der Waals surface area contributed by atoms with Crippen molar-refractivity contribution in [1.29, 1.82) is 0 Å². The van der Waals surface area contributed by atoms with Crippen LogP contribution >= 0.6 is 11.6 Å². The summed E-state index contributed by atoms with van der Waals surface area (Å²) in [7, 11) is 0. The highest BCUT2D eigenvalue weighted by Crippen LogP contribution is 2.44. The molecule has 52 heavy (non-hydrogen) atoms. The third-order valence-electron chi connectivity index (χ3n) is 8.29. The molecule has 2 fully saturated rings. The van der Waals surface area contributed by atoms with Gasteiger partial charge in [-0.05, 0) is 117 Å². The van der Waals surface area contributed by atoms with Crippen LogP contribution in [0.4, 0.5) is 10.6 Å². The Labute approximate surface area is 305 Å². The molecule has 274 valence electrons. The van der Waals surface area contributed by atoms with Crippen molar-refractivity contribution in [2.45, 2.75) is 111 Å². The average molecular weight is 731 g/mol.